The number of hydrogen-bond acceptors (Lipinski definition) is 2. The number of nitrogens with zero attached hydrogens (tertiary/aromatic N) is 2. The summed E-state index contributed by atoms with van der Waals surface area (Å²) in [5, 5.41) is 7.52. The average molecular weight is 679 g/mol. The largest absolute Gasteiger partial charge is 0.310 e. The molecule has 0 fully saturated rings. The normalized spacial score (nSPS) is 12.9. The van der Waals surface area contributed by atoms with Crippen molar-refractivity contribution in [3.63, 3.8) is 0 Å². The van der Waals surface area contributed by atoms with Crippen molar-refractivity contribution in [1.82, 2.24) is 0 Å². The molecule has 0 amide bonds. The van der Waals surface area contributed by atoms with Crippen molar-refractivity contribution < 1.29 is 0 Å². The van der Waals surface area contributed by atoms with Gasteiger partial charge in [0, 0.05) is 39.2 Å². The first-order valence-corrected chi connectivity index (χ1v) is 18.4. The molecule has 9 aromatic rings. The third-order valence-electron chi connectivity index (χ3n) is 11.2. The Bertz CT molecular complexity index is 2820. The van der Waals surface area contributed by atoms with E-state index in [-0.39, 0.29) is 5.41 Å². The summed E-state index contributed by atoms with van der Waals surface area (Å²) in [6.45, 7) is 4.78. The molecule has 1 aliphatic rings. The standard InChI is InChI=1S/C51H38N2/c1-51(2)47-23-13-22-46-49(53(40-20-7-4-8-21-40)42-27-25-36-15-10-12-17-38(36)33-42)31-30-45(50(46)47)44-29-28-43(34-48(44)51)52(39-18-5-3-6-19-39)41-26-24-35-14-9-11-16-37(35)32-41/h3-34H,1-2H3. The molecular weight excluding hydrogens is 641 g/mol. The lowest BCUT2D eigenvalue weighted by molar-refractivity contribution is 0.645. The lowest BCUT2D eigenvalue weighted by Crippen LogP contribution is -2.24. The summed E-state index contributed by atoms with van der Waals surface area (Å²) in [5.74, 6) is 0. The highest BCUT2D eigenvalue weighted by Crippen LogP contribution is 2.53. The molecule has 0 saturated carbocycles. The molecule has 0 aromatic heterocycles. The predicted molar refractivity (Wildman–Crippen MR) is 226 cm³/mol. The first kappa shape index (κ1) is 31.1. The zero-order valence-corrected chi connectivity index (χ0v) is 29.9. The van der Waals surface area contributed by atoms with E-state index in [0.29, 0.717) is 0 Å². The van der Waals surface area contributed by atoms with E-state index in [9.17, 15) is 0 Å². The molecule has 0 bridgehead atoms. The van der Waals surface area contributed by atoms with Gasteiger partial charge in [0.15, 0.2) is 0 Å². The monoisotopic (exact) mass is 678 g/mol. The summed E-state index contributed by atoms with van der Waals surface area (Å²) >= 11 is 0. The molecule has 0 radical (unpaired) electrons. The van der Waals surface area contributed by atoms with E-state index in [4.69, 9.17) is 0 Å². The molecule has 1 aliphatic carbocycles. The third kappa shape index (κ3) is 5.10. The smallest absolute Gasteiger partial charge is 0.0540 e. The van der Waals surface area contributed by atoms with Gasteiger partial charge in [0.2, 0.25) is 0 Å². The van der Waals surface area contributed by atoms with Gasteiger partial charge in [0.25, 0.3) is 0 Å². The van der Waals surface area contributed by atoms with Gasteiger partial charge in [0.05, 0.1) is 5.69 Å². The van der Waals surface area contributed by atoms with Crippen LogP contribution in [0.25, 0.3) is 43.4 Å². The Labute approximate surface area is 310 Å². The van der Waals surface area contributed by atoms with Crippen molar-refractivity contribution in [2.75, 3.05) is 9.80 Å². The van der Waals surface area contributed by atoms with E-state index in [2.05, 4.69) is 218 Å². The zero-order valence-electron chi connectivity index (χ0n) is 29.9. The molecule has 252 valence electrons. The second-order valence-electron chi connectivity index (χ2n) is 14.6. The SMILES string of the molecule is CC1(C)c2cc(N(c3ccccc3)c3ccc4ccccc4c3)ccc2-c2ccc(N(c3ccccc3)c3ccc4ccccc4c3)c3cccc1c23. The van der Waals surface area contributed by atoms with E-state index in [1.807, 2.05) is 0 Å². The van der Waals surface area contributed by atoms with E-state index >= 15 is 0 Å². The number of fused-ring (bicyclic) bond motifs is 4. The molecule has 10 rings (SSSR count). The first-order valence-electron chi connectivity index (χ1n) is 18.4. The fourth-order valence-electron chi connectivity index (χ4n) is 8.56. The molecule has 0 heterocycles. The van der Waals surface area contributed by atoms with Crippen LogP contribution in [-0.2, 0) is 5.41 Å². The van der Waals surface area contributed by atoms with Gasteiger partial charge in [-0.3, -0.25) is 0 Å². The van der Waals surface area contributed by atoms with Gasteiger partial charge >= 0.3 is 0 Å². The van der Waals surface area contributed by atoms with Crippen molar-refractivity contribution in [1.29, 1.82) is 0 Å². The Kier molecular flexibility index (Phi) is 7.19. The van der Waals surface area contributed by atoms with Gasteiger partial charge in [-0.1, -0.05) is 141 Å². The summed E-state index contributed by atoms with van der Waals surface area (Å²) in [5.41, 5.74) is 11.9. The number of rotatable bonds is 6. The quantitative estimate of drug-likeness (QED) is 0.173. The van der Waals surface area contributed by atoms with Crippen LogP contribution in [0.2, 0.25) is 0 Å². The number of anilines is 6. The van der Waals surface area contributed by atoms with Crippen LogP contribution in [0.3, 0.4) is 0 Å². The van der Waals surface area contributed by atoms with Crippen molar-refractivity contribution in [3.8, 4) is 11.1 Å². The van der Waals surface area contributed by atoms with Crippen molar-refractivity contribution >= 4 is 66.4 Å². The predicted octanol–water partition coefficient (Wildman–Crippen LogP) is 14.4. The fraction of sp³-hybridized carbons (Fsp3) is 0.0588. The first-order chi connectivity index (χ1) is 26.0. The molecule has 0 saturated heterocycles. The van der Waals surface area contributed by atoms with Crippen LogP contribution >= 0.6 is 0 Å². The van der Waals surface area contributed by atoms with E-state index in [0.717, 1.165) is 28.4 Å². The Hall–Kier alpha value is -6.64. The average Bonchev–Trinajstić information content (AvgIpc) is 3.21. The van der Waals surface area contributed by atoms with Crippen LogP contribution in [0.5, 0.6) is 0 Å². The van der Waals surface area contributed by atoms with Crippen LogP contribution in [0, 0.1) is 0 Å². The molecule has 0 aliphatic heterocycles. The van der Waals surface area contributed by atoms with Gasteiger partial charge in [-0.25, -0.2) is 0 Å². The topological polar surface area (TPSA) is 6.48 Å². The minimum Gasteiger partial charge on any atom is -0.310 e. The number of para-hydroxylation sites is 2. The molecule has 2 nitrogen and oxygen atoms in total. The Balaban J connectivity index is 1.16. The minimum atomic E-state index is -0.247. The Morgan fingerprint density at radius 2 is 0.849 bits per heavy atom. The van der Waals surface area contributed by atoms with Crippen LogP contribution < -0.4 is 9.80 Å². The minimum absolute atomic E-state index is 0.247. The van der Waals surface area contributed by atoms with Crippen LogP contribution in [0.4, 0.5) is 34.1 Å². The van der Waals surface area contributed by atoms with Gasteiger partial charge < -0.3 is 9.80 Å². The van der Waals surface area contributed by atoms with Gasteiger partial charge in [-0.15, -0.1) is 0 Å². The maximum absolute atomic E-state index is 2.43. The highest BCUT2D eigenvalue weighted by molar-refractivity contribution is 6.11. The molecular formula is C51H38N2. The maximum atomic E-state index is 2.43. The zero-order chi connectivity index (χ0) is 35.5. The molecule has 0 atom stereocenters. The van der Waals surface area contributed by atoms with Gasteiger partial charge in [-0.2, -0.15) is 0 Å². The molecule has 9 aromatic carbocycles. The lowest BCUT2D eigenvalue weighted by Gasteiger charge is -2.37. The maximum Gasteiger partial charge on any atom is 0.0540 e. The highest BCUT2D eigenvalue weighted by atomic mass is 15.1. The Morgan fingerprint density at radius 3 is 1.49 bits per heavy atom. The molecule has 53 heavy (non-hydrogen) atoms. The van der Waals surface area contributed by atoms with Crippen LogP contribution in [0.15, 0.2) is 194 Å². The van der Waals surface area contributed by atoms with Crippen LogP contribution in [-0.4, -0.2) is 0 Å². The second kappa shape index (κ2) is 12.3. The van der Waals surface area contributed by atoms with Crippen molar-refractivity contribution in [2.24, 2.45) is 0 Å². The van der Waals surface area contributed by atoms with Gasteiger partial charge in [0.1, 0.15) is 0 Å². The lowest BCUT2D eigenvalue weighted by atomic mass is 9.68. The fourth-order valence-corrected chi connectivity index (χ4v) is 8.56. The van der Waals surface area contributed by atoms with E-state index in [1.54, 1.807) is 0 Å². The number of benzene rings is 9. The molecule has 0 N–H and O–H groups in total. The molecule has 0 unspecified atom stereocenters. The Morgan fingerprint density at radius 1 is 0.340 bits per heavy atom. The van der Waals surface area contributed by atoms with Crippen LogP contribution in [0.1, 0.15) is 25.0 Å². The highest BCUT2D eigenvalue weighted by Gasteiger charge is 2.35. The van der Waals surface area contributed by atoms with E-state index in [1.165, 1.54) is 60.3 Å². The van der Waals surface area contributed by atoms with Gasteiger partial charge in [-0.05, 0) is 116 Å². The summed E-state index contributed by atoms with van der Waals surface area (Å²) < 4.78 is 0. The van der Waals surface area contributed by atoms with E-state index < -0.39 is 0 Å². The van der Waals surface area contributed by atoms with Crippen molar-refractivity contribution in [3.05, 3.63) is 205 Å². The van der Waals surface area contributed by atoms with Crippen molar-refractivity contribution in [2.45, 2.75) is 19.3 Å². The molecule has 2 heteroatoms. The summed E-state index contributed by atoms with van der Waals surface area (Å²) in [4.78, 5) is 4.81. The third-order valence-corrected chi connectivity index (χ3v) is 11.2. The summed E-state index contributed by atoms with van der Waals surface area (Å²) in [6, 6.07) is 70.9. The summed E-state index contributed by atoms with van der Waals surface area (Å²) in [7, 11) is 0. The number of hydrogen-bond donors (Lipinski definition) is 0. The molecule has 0 spiro atoms. The second-order valence-corrected chi connectivity index (χ2v) is 14.6. The summed E-state index contributed by atoms with van der Waals surface area (Å²) in [6.07, 6.45) is 0.